The van der Waals surface area contributed by atoms with Crippen LogP contribution in [0.3, 0.4) is 0 Å². The third-order valence-electron chi connectivity index (χ3n) is 5.73. The van der Waals surface area contributed by atoms with E-state index in [-0.39, 0.29) is 17.6 Å². The summed E-state index contributed by atoms with van der Waals surface area (Å²) in [7, 11) is 1.90. The number of nitrogens with zero attached hydrogens (tertiary/aromatic N) is 3. The second kappa shape index (κ2) is 9.40. The maximum atomic E-state index is 13.1. The third kappa shape index (κ3) is 4.38. The highest BCUT2D eigenvalue weighted by Gasteiger charge is 2.27. The van der Waals surface area contributed by atoms with Gasteiger partial charge in [-0.3, -0.25) is 9.59 Å². The number of nitrogens with one attached hydrogen (secondary N) is 1. The molecule has 1 fully saturated rings. The van der Waals surface area contributed by atoms with Crippen molar-refractivity contribution in [2.24, 2.45) is 7.05 Å². The van der Waals surface area contributed by atoms with Gasteiger partial charge >= 0.3 is 0 Å². The molecule has 0 bridgehead atoms. The zero-order valence-corrected chi connectivity index (χ0v) is 18.7. The zero-order chi connectivity index (χ0) is 23.5. The number of anilines is 1. The summed E-state index contributed by atoms with van der Waals surface area (Å²) in [4.78, 5) is 32.1. The maximum Gasteiger partial charge on any atom is 0.291 e. The topological polar surface area (TPSA) is 98.8 Å². The first-order valence-corrected chi connectivity index (χ1v) is 11.0. The van der Waals surface area contributed by atoms with E-state index in [0.29, 0.717) is 60.9 Å². The van der Waals surface area contributed by atoms with Gasteiger partial charge in [0.05, 0.1) is 13.2 Å². The van der Waals surface area contributed by atoms with Crippen LogP contribution < -0.4 is 10.1 Å². The fourth-order valence-corrected chi connectivity index (χ4v) is 3.80. The first-order chi connectivity index (χ1) is 16.6. The quantitative estimate of drug-likeness (QED) is 0.473. The lowest BCUT2D eigenvalue weighted by molar-refractivity contribution is 0.0285. The lowest BCUT2D eigenvalue weighted by atomic mass is 10.1. The van der Waals surface area contributed by atoms with Crippen LogP contribution in [0.2, 0.25) is 0 Å². The van der Waals surface area contributed by atoms with Crippen LogP contribution in [0.15, 0.2) is 65.3 Å². The molecule has 9 nitrogen and oxygen atoms in total. The largest absolute Gasteiger partial charge is 0.486 e. The molecule has 0 aliphatic carbocycles. The molecule has 2 aromatic carbocycles. The normalized spacial score (nSPS) is 13.7. The molecule has 1 aliphatic rings. The van der Waals surface area contributed by atoms with Crippen molar-refractivity contribution in [1.29, 1.82) is 0 Å². The summed E-state index contributed by atoms with van der Waals surface area (Å²) in [5, 5.41) is 3.55. The van der Waals surface area contributed by atoms with Gasteiger partial charge in [-0.25, -0.2) is 4.98 Å². The molecule has 174 valence electrons. The number of imidazole rings is 1. The minimum atomic E-state index is -0.349. The van der Waals surface area contributed by atoms with Gasteiger partial charge in [0.25, 0.3) is 11.8 Å². The summed E-state index contributed by atoms with van der Waals surface area (Å²) < 4.78 is 18.9. The second-order valence-electron chi connectivity index (χ2n) is 7.93. The van der Waals surface area contributed by atoms with Crippen molar-refractivity contribution >= 4 is 28.5 Å². The van der Waals surface area contributed by atoms with E-state index in [2.05, 4.69) is 10.3 Å². The van der Waals surface area contributed by atoms with Gasteiger partial charge in [-0.1, -0.05) is 12.1 Å². The van der Waals surface area contributed by atoms with E-state index in [4.69, 9.17) is 13.9 Å². The smallest absolute Gasteiger partial charge is 0.291 e. The summed E-state index contributed by atoms with van der Waals surface area (Å²) in [6, 6.07) is 14.1. The Bertz CT molecular complexity index is 1320. The van der Waals surface area contributed by atoms with Crippen molar-refractivity contribution in [2.75, 3.05) is 31.6 Å². The average Bonchev–Trinajstić information content (AvgIpc) is 3.46. The van der Waals surface area contributed by atoms with Crippen LogP contribution in [0.5, 0.6) is 5.75 Å². The number of ether oxygens (including phenoxy) is 2. The molecule has 1 saturated heterocycles. The van der Waals surface area contributed by atoms with Gasteiger partial charge in [0.15, 0.2) is 0 Å². The highest BCUT2D eigenvalue weighted by molar-refractivity contribution is 6.14. The number of carbonyl (C=O) groups excluding carboxylic acids is 2. The predicted octanol–water partition coefficient (Wildman–Crippen LogP) is 3.47. The molecule has 0 radical (unpaired) electrons. The lowest BCUT2D eigenvalue weighted by Crippen LogP contribution is -2.40. The van der Waals surface area contributed by atoms with Crippen LogP contribution >= 0.6 is 0 Å². The molecular weight excluding hydrogens is 436 g/mol. The molecule has 0 spiro atoms. The number of hydrogen-bond donors (Lipinski definition) is 1. The molecule has 9 heteroatoms. The van der Waals surface area contributed by atoms with E-state index in [0.717, 1.165) is 5.82 Å². The Morgan fingerprint density at radius 2 is 1.85 bits per heavy atom. The number of aromatic nitrogens is 2. The highest BCUT2D eigenvalue weighted by Crippen LogP contribution is 2.32. The Morgan fingerprint density at radius 3 is 2.59 bits per heavy atom. The number of amides is 2. The van der Waals surface area contributed by atoms with Crippen LogP contribution in [0.4, 0.5) is 5.69 Å². The van der Waals surface area contributed by atoms with Crippen LogP contribution in [0.25, 0.3) is 11.0 Å². The number of carbonyl (C=O) groups is 2. The van der Waals surface area contributed by atoms with Crippen molar-refractivity contribution in [3.63, 3.8) is 0 Å². The number of morpholine rings is 1. The number of benzene rings is 2. The van der Waals surface area contributed by atoms with Crippen molar-refractivity contribution in [3.05, 3.63) is 78.1 Å². The predicted molar refractivity (Wildman–Crippen MR) is 125 cm³/mol. The minimum Gasteiger partial charge on any atom is -0.486 e. The molecule has 0 atom stereocenters. The molecular formula is C25H24N4O5. The van der Waals surface area contributed by atoms with E-state index < -0.39 is 0 Å². The molecule has 2 amide bonds. The molecule has 0 saturated carbocycles. The number of furan rings is 1. The minimum absolute atomic E-state index is 0.117. The Hall–Kier alpha value is -4.11. The second-order valence-corrected chi connectivity index (χ2v) is 7.93. The Balaban J connectivity index is 1.34. The number of fused-ring (bicyclic) bond motifs is 1. The number of rotatable bonds is 6. The van der Waals surface area contributed by atoms with Gasteiger partial charge in [-0.2, -0.15) is 0 Å². The standard InChI is InChI=1S/C25H24N4O5/c1-28-11-10-26-21(28)16-33-18-8-6-17(7-9-18)24(30)27-22-19-4-2-3-5-20(19)34-23(22)25(31)29-12-14-32-15-13-29/h2-11H,12-16H2,1H3,(H,27,30). The van der Waals surface area contributed by atoms with Gasteiger partial charge in [0, 0.05) is 43.5 Å². The molecule has 1 aliphatic heterocycles. The van der Waals surface area contributed by atoms with E-state index in [1.54, 1.807) is 41.4 Å². The summed E-state index contributed by atoms with van der Waals surface area (Å²) in [6.07, 6.45) is 3.56. The molecule has 5 rings (SSSR count). The molecule has 2 aromatic heterocycles. The first-order valence-electron chi connectivity index (χ1n) is 11.0. The van der Waals surface area contributed by atoms with Crippen molar-refractivity contribution < 1.29 is 23.5 Å². The fraction of sp³-hybridized carbons (Fsp3) is 0.240. The van der Waals surface area contributed by atoms with Crippen LogP contribution in [-0.4, -0.2) is 52.6 Å². The van der Waals surface area contributed by atoms with E-state index in [1.165, 1.54) is 0 Å². The van der Waals surface area contributed by atoms with Gasteiger partial charge in [0.1, 0.15) is 29.5 Å². The molecule has 34 heavy (non-hydrogen) atoms. The Kier molecular flexibility index (Phi) is 6.01. The third-order valence-corrected chi connectivity index (χ3v) is 5.73. The number of aryl methyl sites for hydroxylation is 1. The highest BCUT2D eigenvalue weighted by atomic mass is 16.5. The molecule has 0 unspecified atom stereocenters. The summed E-state index contributed by atoms with van der Waals surface area (Å²) in [6.45, 7) is 2.22. The van der Waals surface area contributed by atoms with Crippen LogP contribution in [-0.2, 0) is 18.4 Å². The lowest BCUT2D eigenvalue weighted by Gasteiger charge is -2.26. The van der Waals surface area contributed by atoms with Gasteiger partial charge in [-0.15, -0.1) is 0 Å². The van der Waals surface area contributed by atoms with Crippen LogP contribution in [0.1, 0.15) is 26.7 Å². The van der Waals surface area contributed by atoms with Crippen LogP contribution in [0, 0.1) is 0 Å². The summed E-state index contributed by atoms with van der Waals surface area (Å²) in [5.41, 5.74) is 1.33. The van der Waals surface area contributed by atoms with Crippen molar-refractivity contribution in [3.8, 4) is 5.75 Å². The summed E-state index contributed by atoms with van der Waals surface area (Å²) in [5.74, 6) is 0.917. The van der Waals surface area contributed by atoms with Crippen molar-refractivity contribution in [1.82, 2.24) is 14.5 Å². The fourth-order valence-electron chi connectivity index (χ4n) is 3.80. The van der Waals surface area contributed by atoms with Gasteiger partial charge < -0.3 is 28.7 Å². The van der Waals surface area contributed by atoms with E-state index >= 15 is 0 Å². The first kappa shape index (κ1) is 21.7. The number of para-hydroxylation sites is 1. The van der Waals surface area contributed by atoms with E-state index in [1.807, 2.05) is 36.0 Å². The SMILES string of the molecule is Cn1ccnc1COc1ccc(C(=O)Nc2c(C(=O)N3CCOCC3)oc3ccccc23)cc1. The maximum absolute atomic E-state index is 13.1. The molecule has 4 aromatic rings. The monoisotopic (exact) mass is 460 g/mol. The average molecular weight is 460 g/mol. The number of hydrogen-bond acceptors (Lipinski definition) is 6. The van der Waals surface area contributed by atoms with Crippen molar-refractivity contribution in [2.45, 2.75) is 6.61 Å². The summed E-state index contributed by atoms with van der Waals surface area (Å²) >= 11 is 0. The molecule has 1 N–H and O–H groups in total. The Labute approximate surface area is 195 Å². The molecule has 3 heterocycles. The Morgan fingerprint density at radius 1 is 1.09 bits per heavy atom. The van der Waals surface area contributed by atoms with Gasteiger partial charge in [-0.05, 0) is 36.4 Å². The van der Waals surface area contributed by atoms with E-state index in [9.17, 15) is 9.59 Å². The van der Waals surface area contributed by atoms with Gasteiger partial charge in [0.2, 0.25) is 5.76 Å². The zero-order valence-electron chi connectivity index (χ0n) is 18.7.